The van der Waals surface area contributed by atoms with Crippen LogP contribution in [0.2, 0.25) is 0 Å². The van der Waals surface area contributed by atoms with Crippen LogP contribution in [0.3, 0.4) is 0 Å². The standard InChI is InChI=1S/C12H17N7/c1-2-4-9(3-1)18-8-14-16-12(18)11-7-19(17-15-11)10-5-13-6-10/h7-10,13H,1-6H2. The van der Waals surface area contributed by atoms with Gasteiger partial charge in [0.1, 0.15) is 6.33 Å². The zero-order valence-electron chi connectivity index (χ0n) is 10.7. The van der Waals surface area contributed by atoms with Gasteiger partial charge in [-0.1, -0.05) is 18.1 Å². The van der Waals surface area contributed by atoms with E-state index in [1.54, 1.807) is 0 Å². The highest BCUT2D eigenvalue weighted by molar-refractivity contribution is 5.46. The van der Waals surface area contributed by atoms with Crippen molar-refractivity contribution in [3.63, 3.8) is 0 Å². The number of aromatic nitrogens is 6. The normalized spacial score (nSPS) is 20.8. The van der Waals surface area contributed by atoms with Gasteiger partial charge in [0.05, 0.1) is 12.2 Å². The van der Waals surface area contributed by atoms with Gasteiger partial charge in [-0.05, 0) is 12.8 Å². The highest BCUT2D eigenvalue weighted by Crippen LogP contribution is 2.32. The lowest BCUT2D eigenvalue weighted by Gasteiger charge is -2.26. The van der Waals surface area contributed by atoms with E-state index in [0.717, 1.165) is 24.6 Å². The molecule has 1 saturated carbocycles. The van der Waals surface area contributed by atoms with Gasteiger partial charge in [-0.15, -0.1) is 15.3 Å². The van der Waals surface area contributed by atoms with Crippen molar-refractivity contribution in [3.05, 3.63) is 12.5 Å². The Morgan fingerprint density at radius 3 is 2.68 bits per heavy atom. The van der Waals surface area contributed by atoms with Crippen molar-refractivity contribution in [3.8, 4) is 11.5 Å². The van der Waals surface area contributed by atoms with Crippen LogP contribution in [0.15, 0.2) is 12.5 Å². The predicted octanol–water partition coefficient (Wildman–Crippen LogP) is 0.796. The third-order valence-electron chi connectivity index (χ3n) is 4.16. The van der Waals surface area contributed by atoms with Crippen LogP contribution in [0, 0.1) is 0 Å². The van der Waals surface area contributed by atoms with E-state index in [0.29, 0.717) is 12.1 Å². The molecular weight excluding hydrogens is 242 g/mol. The molecule has 2 aromatic rings. The molecule has 100 valence electrons. The molecule has 1 aliphatic heterocycles. The van der Waals surface area contributed by atoms with Crippen LogP contribution >= 0.6 is 0 Å². The number of rotatable bonds is 3. The van der Waals surface area contributed by atoms with Crippen LogP contribution in [-0.4, -0.2) is 42.8 Å². The maximum atomic E-state index is 4.26. The Morgan fingerprint density at radius 2 is 1.95 bits per heavy atom. The van der Waals surface area contributed by atoms with E-state index in [1.807, 2.05) is 17.2 Å². The van der Waals surface area contributed by atoms with Gasteiger partial charge < -0.3 is 9.88 Å². The van der Waals surface area contributed by atoms with Crippen molar-refractivity contribution in [2.45, 2.75) is 37.8 Å². The van der Waals surface area contributed by atoms with E-state index < -0.39 is 0 Å². The minimum absolute atomic E-state index is 0.434. The van der Waals surface area contributed by atoms with Crippen molar-refractivity contribution >= 4 is 0 Å². The Hall–Kier alpha value is -1.76. The molecule has 0 bridgehead atoms. The van der Waals surface area contributed by atoms with Crippen molar-refractivity contribution < 1.29 is 0 Å². The van der Waals surface area contributed by atoms with Crippen LogP contribution in [0.25, 0.3) is 11.5 Å². The largest absolute Gasteiger partial charge is 0.312 e. The molecule has 0 unspecified atom stereocenters. The summed E-state index contributed by atoms with van der Waals surface area (Å²) in [5, 5.41) is 20.0. The lowest BCUT2D eigenvalue weighted by molar-refractivity contribution is 0.313. The summed E-state index contributed by atoms with van der Waals surface area (Å²) in [7, 11) is 0. The minimum Gasteiger partial charge on any atom is -0.312 e. The number of nitrogens with zero attached hydrogens (tertiary/aromatic N) is 6. The summed E-state index contributed by atoms with van der Waals surface area (Å²) in [4.78, 5) is 0. The summed E-state index contributed by atoms with van der Waals surface area (Å²) < 4.78 is 4.10. The number of nitrogens with one attached hydrogen (secondary N) is 1. The zero-order valence-corrected chi connectivity index (χ0v) is 10.7. The van der Waals surface area contributed by atoms with Gasteiger partial charge in [0.25, 0.3) is 0 Å². The average molecular weight is 259 g/mol. The number of hydrogen-bond donors (Lipinski definition) is 1. The second kappa shape index (κ2) is 4.41. The molecule has 4 rings (SSSR count). The van der Waals surface area contributed by atoms with Gasteiger partial charge in [0, 0.05) is 19.1 Å². The van der Waals surface area contributed by atoms with E-state index in [1.165, 1.54) is 25.7 Å². The fourth-order valence-corrected chi connectivity index (χ4v) is 2.89. The van der Waals surface area contributed by atoms with Gasteiger partial charge in [0.15, 0.2) is 11.5 Å². The minimum atomic E-state index is 0.434. The molecule has 0 amide bonds. The summed E-state index contributed by atoms with van der Waals surface area (Å²) in [6.45, 7) is 1.94. The molecule has 7 nitrogen and oxygen atoms in total. The molecule has 0 aromatic carbocycles. The summed E-state index contributed by atoms with van der Waals surface area (Å²) >= 11 is 0. The molecule has 19 heavy (non-hydrogen) atoms. The van der Waals surface area contributed by atoms with E-state index in [9.17, 15) is 0 Å². The Balaban J connectivity index is 1.64. The third kappa shape index (κ3) is 1.85. The molecule has 0 radical (unpaired) electrons. The van der Waals surface area contributed by atoms with Crippen LogP contribution in [-0.2, 0) is 0 Å². The summed E-state index contributed by atoms with van der Waals surface area (Å²) in [6.07, 6.45) is 8.83. The summed E-state index contributed by atoms with van der Waals surface area (Å²) in [5.74, 6) is 0.852. The molecular formula is C12H17N7. The first-order valence-electron chi connectivity index (χ1n) is 6.94. The molecule has 7 heteroatoms. The van der Waals surface area contributed by atoms with Crippen LogP contribution in [0.4, 0.5) is 0 Å². The van der Waals surface area contributed by atoms with E-state index in [4.69, 9.17) is 0 Å². The first-order valence-corrected chi connectivity index (χ1v) is 6.94. The molecule has 2 fully saturated rings. The maximum absolute atomic E-state index is 4.26. The first-order chi connectivity index (χ1) is 9.42. The fourth-order valence-electron chi connectivity index (χ4n) is 2.89. The van der Waals surface area contributed by atoms with Gasteiger partial charge in [-0.2, -0.15) is 0 Å². The van der Waals surface area contributed by atoms with Gasteiger partial charge in [0.2, 0.25) is 0 Å². The Kier molecular flexibility index (Phi) is 2.58. The van der Waals surface area contributed by atoms with Crippen molar-refractivity contribution in [2.24, 2.45) is 0 Å². The summed E-state index contributed by atoms with van der Waals surface area (Å²) in [6, 6.07) is 0.963. The van der Waals surface area contributed by atoms with Crippen LogP contribution in [0.1, 0.15) is 37.8 Å². The highest BCUT2D eigenvalue weighted by atomic mass is 15.5. The third-order valence-corrected chi connectivity index (χ3v) is 4.16. The molecule has 0 spiro atoms. The SMILES string of the molecule is c1c(-c2nncn2C2CCCC2)nnn1C1CNC1. The van der Waals surface area contributed by atoms with E-state index >= 15 is 0 Å². The predicted molar refractivity (Wildman–Crippen MR) is 68.4 cm³/mol. The molecule has 1 aliphatic carbocycles. The zero-order chi connectivity index (χ0) is 12.7. The fraction of sp³-hybridized carbons (Fsp3) is 0.667. The molecule has 0 atom stereocenters. The lowest BCUT2D eigenvalue weighted by Crippen LogP contribution is -2.43. The van der Waals surface area contributed by atoms with Gasteiger partial charge in [-0.25, -0.2) is 4.68 Å². The quantitative estimate of drug-likeness (QED) is 0.882. The van der Waals surface area contributed by atoms with Gasteiger partial charge in [-0.3, -0.25) is 0 Å². The smallest absolute Gasteiger partial charge is 0.186 e. The second-order valence-electron chi connectivity index (χ2n) is 5.40. The van der Waals surface area contributed by atoms with E-state index in [-0.39, 0.29) is 0 Å². The first kappa shape index (κ1) is 11.1. The van der Waals surface area contributed by atoms with Crippen LogP contribution in [0.5, 0.6) is 0 Å². The Labute approximate surface area is 111 Å². The molecule has 1 saturated heterocycles. The molecule has 3 heterocycles. The topological polar surface area (TPSA) is 73.5 Å². The monoisotopic (exact) mass is 259 g/mol. The second-order valence-corrected chi connectivity index (χ2v) is 5.40. The van der Waals surface area contributed by atoms with Crippen molar-refractivity contribution in [1.82, 2.24) is 35.1 Å². The Bertz CT molecular complexity index is 562. The molecule has 2 aromatic heterocycles. The molecule has 1 N–H and O–H groups in total. The number of hydrogen-bond acceptors (Lipinski definition) is 5. The highest BCUT2D eigenvalue weighted by Gasteiger charge is 2.24. The average Bonchev–Trinajstić information content (AvgIpc) is 3.07. The molecule has 2 aliphatic rings. The maximum Gasteiger partial charge on any atom is 0.186 e. The summed E-state index contributed by atoms with van der Waals surface area (Å²) in [5.41, 5.74) is 0.830. The van der Waals surface area contributed by atoms with E-state index in [2.05, 4.69) is 30.4 Å². The van der Waals surface area contributed by atoms with Crippen molar-refractivity contribution in [2.75, 3.05) is 13.1 Å². The van der Waals surface area contributed by atoms with Crippen molar-refractivity contribution in [1.29, 1.82) is 0 Å². The lowest BCUT2D eigenvalue weighted by atomic mass is 10.2. The Morgan fingerprint density at radius 1 is 1.11 bits per heavy atom. The van der Waals surface area contributed by atoms with Gasteiger partial charge >= 0.3 is 0 Å². The van der Waals surface area contributed by atoms with Crippen LogP contribution < -0.4 is 5.32 Å².